The van der Waals surface area contributed by atoms with E-state index in [-0.39, 0.29) is 6.61 Å². The van der Waals surface area contributed by atoms with E-state index < -0.39 is 0 Å². The fraction of sp³-hybridized carbons (Fsp3) is 0.188. The second kappa shape index (κ2) is 5.65. The summed E-state index contributed by atoms with van der Waals surface area (Å²) < 4.78 is 2.15. The minimum absolute atomic E-state index is 0.173. The zero-order valence-corrected chi connectivity index (χ0v) is 11.7. The molecule has 0 saturated carbocycles. The first-order valence-corrected chi connectivity index (χ1v) is 6.99. The molecule has 4 heteroatoms. The summed E-state index contributed by atoms with van der Waals surface area (Å²) >= 11 is 5.94. The molecule has 102 valence electrons. The Labute approximate surface area is 122 Å². The number of benzene rings is 2. The Bertz CT molecular complexity index is 719. The molecule has 0 spiro atoms. The molecule has 0 unspecified atom stereocenters. The van der Waals surface area contributed by atoms with Crippen molar-refractivity contribution < 1.29 is 5.11 Å². The zero-order valence-electron chi connectivity index (χ0n) is 11.0. The monoisotopic (exact) mass is 286 g/mol. The van der Waals surface area contributed by atoms with Crippen LogP contribution in [0.5, 0.6) is 0 Å². The van der Waals surface area contributed by atoms with Crippen molar-refractivity contribution in [1.82, 2.24) is 9.55 Å². The van der Waals surface area contributed by atoms with Crippen LogP contribution in [-0.4, -0.2) is 21.3 Å². The summed E-state index contributed by atoms with van der Waals surface area (Å²) in [5.41, 5.74) is 3.09. The standard InChI is InChI=1S/C16H15ClN2O/c17-13-8-6-12(7-9-13)16-18-14-4-1-2-5-15(14)19(16)10-3-11-20/h1-2,4-9,20H,3,10-11H2. The smallest absolute Gasteiger partial charge is 0.141 e. The summed E-state index contributed by atoms with van der Waals surface area (Å²) in [6.07, 6.45) is 0.709. The summed E-state index contributed by atoms with van der Waals surface area (Å²) in [6.45, 7) is 0.918. The first-order valence-electron chi connectivity index (χ1n) is 6.61. The first kappa shape index (κ1) is 13.2. The number of nitrogens with zero attached hydrogens (tertiary/aromatic N) is 2. The number of aliphatic hydroxyl groups is 1. The molecular weight excluding hydrogens is 272 g/mol. The molecule has 3 rings (SSSR count). The fourth-order valence-electron chi connectivity index (χ4n) is 2.35. The van der Waals surface area contributed by atoms with Crippen LogP contribution in [-0.2, 0) is 6.54 Å². The number of aromatic nitrogens is 2. The lowest BCUT2D eigenvalue weighted by atomic mass is 10.2. The van der Waals surface area contributed by atoms with Crippen LogP contribution < -0.4 is 0 Å². The number of para-hydroxylation sites is 2. The predicted molar refractivity (Wildman–Crippen MR) is 81.9 cm³/mol. The number of hydrogen-bond donors (Lipinski definition) is 1. The van der Waals surface area contributed by atoms with Gasteiger partial charge in [-0.3, -0.25) is 0 Å². The normalized spacial score (nSPS) is 11.1. The van der Waals surface area contributed by atoms with Crippen molar-refractivity contribution in [3.8, 4) is 11.4 Å². The maximum Gasteiger partial charge on any atom is 0.141 e. The summed E-state index contributed by atoms with van der Waals surface area (Å²) in [5.74, 6) is 0.913. The number of halogens is 1. The third kappa shape index (κ3) is 2.42. The van der Waals surface area contributed by atoms with Gasteiger partial charge in [-0.2, -0.15) is 0 Å². The molecule has 1 N–H and O–H groups in total. The van der Waals surface area contributed by atoms with Crippen LogP contribution in [0.1, 0.15) is 6.42 Å². The highest BCUT2D eigenvalue weighted by Gasteiger charge is 2.11. The maximum atomic E-state index is 9.08. The van der Waals surface area contributed by atoms with Gasteiger partial charge < -0.3 is 9.67 Å². The van der Waals surface area contributed by atoms with Gasteiger partial charge in [-0.15, -0.1) is 0 Å². The van der Waals surface area contributed by atoms with Crippen LogP contribution in [0.4, 0.5) is 0 Å². The molecule has 0 saturated heterocycles. The third-order valence-corrected chi connectivity index (χ3v) is 3.55. The molecule has 1 aromatic heterocycles. The number of fused-ring (bicyclic) bond motifs is 1. The van der Waals surface area contributed by atoms with Crippen LogP contribution >= 0.6 is 11.6 Å². The van der Waals surface area contributed by atoms with E-state index in [4.69, 9.17) is 21.7 Å². The molecular formula is C16H15ClN2O. The highest BCUT2D eigenvalue weighted by molar-refractivity contribution is 6.30. The van der Waals surface area contributed by atoms with Gasteiger partial charge in [0.2, 0.25) is 0 Å². The van der Waals surface area contributed by atoms with Crippen LogP contribution in [0.15, 0.2) is 48.5 Å². The number of hydrogen-bond acceptors (Lipinski definition) is 2. The highest BCUT2D eigenvalue weighted by atomic mass is 35.5. The van der Waals surface area contributed by atoms with Crippen molar-refractivity contribution in [1.29, 1.82) is 0 Å². The number of aryl methyl sites for hydroxylation is 1. The van der Waals surface area contributed by atoms with E-state index in [1.807, 2.05) is 42.5 Å². The Morgan fingerprint density at radius 3 is 2.55 bits per heavy atom. The van der Waals surface area contributed by atoms with Crippen molar-refractivity contribution in [2.24, 2.45) is 0 Å². The van der Waals surface area contributed by atoms with E-state index in [1.54, 1.807) is 0 Å². The SMILES string of the molecule is OCCCn1c(-c2ccc(Cl)cc2)nc2ccccc21. The summed E-state index contributed by atoms with van der Waals surface area (Å²) in [5, 5.41) is 9.80. The Morgan fingerprint density at radius 2 is 1.80 bits per heavy atom. The van der Waals surface area contributed by atoms with Gasteiger partial charge >= 0.3 is 0 Å². The van der Waals surface area contributed by atoms with Crippen LogP contribution in [0.2, 0.25) is 5.02 Å². The van der Waals surface area contributed by atoms with Gasteiger partial charge in [0.05, 0.1) is 11.0 Å². The summed E-state index contributed by atoms with van der Waals surface area (Å²) in [4.78, 5) is 4.70. The van der Waals surface area contributed by atoms with Gasteiger partial charge in [0, 0.05) is 23.7 Å². The predicted octanol–water partition coefficient (Wildman–Crippen LogP) is 3.74. The second-order valence-corrected chi connectivity index (χ2v) is 5.10. The average Bonchev–Trinajstić information content (AvgIpc) is 2.84. The van der Waals surface area contributed by atoms with Crippen LogP contribution in [0, 0.1) is 0 Å². The lowest BCUT2D eigenvalue weighted by Crippen LogP contribution is -2.02. The van der Waals surface area contributed by atoms with Crippen LogP contribution in [0.3, 0.4) is 0 Å². The van der Waals surface area contributed by atoms with E-state index >= 15 is 0 Å². The lowest BCUT2D eigenvalue weighted by Gasteiger charge is -2.08. The third-order valence-electron chi connectivity index (χ3n) is 3.30. The molecule has 0 aliphatic carbocycles. The molecule has 0 amide bonds. The number of rotatable bonds is 4. The molecule has 0 aliphatic heterocycles. The Hall–Kier alpha value is -1.84. The van der Waals surface area contributed by atoms with Crippen molar-refractivity contribution in [3.05, 3.63) is 53.6 Å². The first-order chi connectivity index (χ1) is 9.79. The molecule has 0 atom stereocenters. The number of aliphatic hydroxyl groups excluding tert-OH is 1. The van der Waals surface area contributed by atoms with Gasteiger partial charge in [0.25, 0.3) is 0 Å². The summed E-state index contributed by atoms with van der Waals surface area (Å²) in [6, 6.07) is 15.7. The second-order valence-electron chi connectivity index (χ2n) is 4.66. The van der Waals surface area contributed by atoms with Crippen molar-refractivity contribution >= 4 is 22.6 Å². The lowest BCUT2D eigenvalue weighted by molar-refractivity contribution is 0.281. The minimum Gasteiger partial charge on any atom is -0.396 e. The highest BCUT2D eigenvalue weighted by Crippen LogP contribution is 2.26. The Kier molecular flexibility index (Phi) is 3.72. The fourth-order valence-corrected chi connectivity index (χ4v) is 2.48. The van der Waals surface area contributed by atoms with E-state index in [0.29, 0.717) is 11.4 Å². The summed E-state index contributed by atoms with van der Waals surface area (Å²) in [7, 11) is 0. The molecule has 0 fully saturated rings. The Balaban J connectivity index is 2.15. The van der Waals surface area contributed by atoms with E-state index in [0.717, 1.165) is 29.0 Å². The van der Waals surface area contributed by atoms with Crippen molar-refractivity contribution in [2.45, 2.75) is 13.0 Å². The maximum absolute atomic E-state index is 9.08. The topological polar surface area (TPSA) is 38.0 Å². The molecule has 0 radical (unpaired) electrons. The van der Waals surface area contributed by atoms with Gasteiger partial charge in [-0.1, -0.05) is 23.7 Å². The van der Waals surface area contributed by atoms with Crippen molar-refractivity contribution in [3.63, 3.8) is 0 Å². The quantitative estimate of drug-likeness (QED) is 0.793. The minimum atomic E-state index is 0.173. The molecule has 3 aromatic rings. The molecule has 3 nitrogen and oxygen atoms in total. The van der Waals surface area contributed by atoms with E-state index in [9.17, 15) is 0 Å². The Morgan fingerprint density at radius 1 is 1.05 bits per heavy atom. The van der Waals surface area contributed by atoms with Crippen LogP contribution in [0.25, 0.3) is 22.4 Å². The number of imidazole rings is 1. The van der Waals surface area contributed by atoms with E-state index in [1.165, 1.54) is 0 Å². The molecule has 0 aliphatic rings. The van der Waals surface area contributed by atoms with Crippen molar-refractivity contribution in [2.75, 3.05) is 6.61 Å². The average molecular weight is 287 g/mol. The van der Waals surface area contributed by atoms with Gasteiger partial charge in [0.1, 0.15) is 5.82 Å². The van der Waals surface area contributed by atoms with Gasteiger partial charge in [0.15, 0.2) is 0 Å². The van der Waals surface area contributed by atoms with E-state index in [2.05, 4.69) is 10.6 Å². The van der Waals surface area contributed by atoms with Gasteiger partial charge in [-0.25, -0.2) is 4.98 Å². The molecule has 20 heavy (non-hydrogen) atoms. The molecule has 0 bridgehead atoms. The largest absolute Gasteiger partial charge is 0.396 e. The van der Waals surface area contributed by atoms with Gasteiger partial charge in [-0.05, 0) is 42.8 Å². The zero-order chi connectivity index (χ0) is 13.9. The molecule has 2 aromatic carbocycles. The molecule has 1 heterocycles.